The lowest BCUT2D eigenvalue weighted by Crippen LogP contribution is -2.31. The molecule has 1 saturated heterocycles. The Morgan fingerprint density at radius 3 is 2.56 bits per heavy atom. The van der Waals surface area contributed by atoms with Gasteiger partial charge in [-0.15, -0.1) is 0 Å². The van der Waals surface area contributed by atoms with Crippen LogP contribution in [0.2, 0.25) is 0 Å². The van der Waals surface area contributed by atoms with Gasteiger partial charge in [-0.05, 0) is 55.7 Å². The largest absolute Gasteiger partial charge is 0.468 e. The summed E-state index contributed by atoms with van der Waals surface area (Å²) in [5, 5.41) is 14.0. The molecule has 0 unspecified atom stereocenters. The third kappa shape index (κ3) is 5.43. The summed E-state index contributed by atoms with van der Waals surface area (Å²) in [6.45, 7) is 1.50. The Kier molecular flexibility index (Phi) is 6.94. The highest BCUT2D eigenvalue weighted by Gasteiger charge is 2.23. The van der Waals surface area contributed by atoms with E-state index in [1.807, 2.05) is 4.90 Å². The molecule has 0 saturated carbocycles. The fourth-order valence-corrected chi connectivity index (χ4v) is 4.87. The van der Waals surface area contributed by atoms with Crippen molar-refractivity contribution < 1.29 is 22.6 Å². The van der Waals surface area contributed by atoms with Crippen LogP contribution in [0.25, 0.3) is 0 Å². The fraction of sp³-hybridized carbons (Fsp3) is 0.261. The lowest BCUT2D eigenvalue weighted by Gasteiger charge is -2.30. The van der Waals surface area contributed by atoms with Gasteiger partial charge in [0.25, 0.3) is 11.6 Å². The molecule has 1 fully saturated rings. The summed E-state index contributed by atoms with van der Waals surface area (Å²) in [6.07, 6.45) is 4.50. The van der Waals surface area contributed by atoms with Crippen LogP contribution in [0, 0.1) is 10.1 Å². The predicted molar refractivity (Wildman–Crippen MR) is 126 cm³/mol. The molecule has 1 aliphatic rings. The van der Waals surface area contributed by atoms with Gasteiger partial charge in [0, 0.05) is 30.9 Å². The first-order valence-corrected chi connectivity index (χ1v) is 12.3. The van der Waals surface area contributed by atoms with Crippen molar-refractivity contribution in [2.24, 2.45) is 0 Å². The Hall–Kier alpha value is -3.70. The monoisotopic (exact) mass is 484 g/mol. The number of non-ortho nitro benzene ring substituents is 1. The van der Waals surface area contributed by atoms with Crippen molar-refractivity contribution in [3.63, 3.8) is 0 Å². The van der Waals surface area contributed by atoms with Crippen molar-refractivity contribution in [2.75, 3.05) is 23.3 Å². The van der Waals surface area contributed by atoms with Crippen molar-refractivity contribution in [3.05, 3.63) is 82.3 Å². The molecule has 0 spiro atoms. The maximum atomic E-state index is 13.2. The van der Waals surface area contributed by atoms with Gasteiger partial charge in [-0.1, -0.05) is 6.07 Å². The van der Waals surface area contributed by atoms with Gasteiger partial charge < -0.3 is 14.6 Å². The van der Waals surface area contributed by atoms with Gasteiger partial charge in [-0.3, -0.25) is 14.9 Å². The maximum Gasteiger partial charge on any atom is 0.270 e. The molecule has 2 heterocycles. The zero-order valence-corrected chi connectivity index (χ0v) is 19.1. The Labute approximate surface area is 196 Å². The van der Waals surface area contributed by atoms with Crippen molar-refractivity contribution in [1.82, 2.24) is 4.72 Å². The molecule has 1 aromatic heterocycles. The molecule has 178 valence electrons. The molecule has 1 amide bonds. The van der Waals surface area contributed by atoms with Gasteiger partial charge in [0.05, 0.1) is 33.9 Å². The molecule has 0 radical (unpaired) electrons. The minimum absolute atomic E-state index is 0.0151. The van der Waals surface area contributed by atoms with Gasteiger partial charge in [0.15, 0.2) is 0 Å². The second-order valence-electron chi connectivity index (χ2n) is 7.89. The first-order chi connectivity index (χ1) is 16.3. The number of nitro groups is 1. The van der Waals surface area contributed by atoms with Crippen molar-refractivity contribution >= 4 is 33.0 Å². The Morgan fingerprint density at radius 1 is 1.06 bits per heavy atom. The average molecular weight is 485 g/mol. The first-order valence-electron chi connectivity index (χ1n) is 10.8. The van der Waals surface area contributed by atoms with Crippen molar-refractivity contribution in [1.29, 1.82) is 0 Å². The number of amides is 1. The van der Waals surface area contributed by atoms with E-state index in [9.17, 15) is 23.3 Å². The third-order valence-corrected chi connectivity index (χ3v) is 6.95. The van der Waals surface area contributed by atoms with Crippen LogP contribution in [0.15, 0.2) is 70.2 Å². The summed E-state index contributed by atoms with van der Waals surface area (Å²) >= 11 is 0. The first kappa shape index (κ1) is 23.5. The number of carbonyl (C=O) groups excluding carboxylic acids is 1. The summed E-state index contributed by atoms with van der Waals surface area (Å²) in [6, 6.07) is 13.4. The van der Waals surface area contributed by atoms with Gasteiger partial charge in [0.2, 0.25) is 10.0 Å². The minimum atomic E-state index is -3.86. The maximum absolute atomic E-state index is 13.2. The topological polar surface area (TPSA) is 135 Å². The number of nitrogens with zero attached hydrogens (tertiary/aromatic N) is 2. The van der Waals surface area contributed by atoms with E-state index in [2.05, 4.69) is 10.0 Å². The summed E-state index contributed by atoms with van der Waals surface area (Å²) in [5.41, 5.74) is 0.846. The molecule has 0 aliphatic carbocycles. The predicted octanol–water partition coefficient (Wildman–Crippen LogP) is 3.91. The number of nitro benzene ring substituents is 1. The second-order valence-corrected chi connectivity index (χ2v) is 9.66. The van der Waals surface area contributed by atoms with Crippen LogP contribution >= 0.6 is 0 Å². The number of hydrogen-bond donors (Lipinski definition) is 2. The molecule has 11 heteroatoms. The summed E-state index contributed by atoms with van der Waals surface area (Å²) < 4.78 is 32.9. The lowest BCUT2D eigenvalue weighted by atomic mass is 10.1. The van der Waals surface area contributed by atoms with Crippen LogP contribution in [0.3, 0.4) is 0 Å². The van der Waals surface area contributed by atoms with E-state index in [0.717, 1.165) is 32.4 Å². The molecular formula is C23H24N4O6S. The molecular weight excluding hydrogens is 460 g/mol. The summed E-state index contributed by atoms with van der Waals surface area (Å²) in [7, 11) is -3.86. The summed E-state index contributed by atoms with van der Waals surface area (Å²) in [5.74, 6) is -0.0914. The number of piperidine rings is 1. The molecule has 2 aromatic carbocycles. The molecule has 4 rings (SSSR count). The second kappa shape index (κ2) is 10.1. The van der Waals surface area contributed by atoms with Crippen LogP contribution < -0.4 is 14.9 Å². The van der Waals surface area contributed by atoms with E-state index in [1.54, 1.807) is 24.3 Å². The van der Waals surface area contributed by atoms with E-state index in [1.165, 1.54) is 36.6 Å². The van der Waals surface area contributed by atoms with Gasteiger partial charge in [0.1, 0.15) is 5.76 Å². The molecule has 10 nitrogen and oxygen atoms in total. The Morgan fingerprint density at radius 2 is 1.85 bits per heavy atom. The number of anilines is 2. The zero-order chi connectivity index (χ0) is 24.1. The van der Waals surface area contributed by atoms with Crippen LogP contribution in [-0.4, -0.2) is 32.3 Å². The van der Waals surface area contributed by atoms with E-state index < -0.39 is 20.9 Å². The Bertz CT molecular complexity index is 1280. The molecule has 34 heavy (non-hydrogen) atoms. The SMILES string of the molecule is O=C(Nc1cccc(S(=O)(=O)NCc2ccco2)c1)c1cc([N+](=O)[O-])ccc1N1CCCCC1. The van der Waals surface area contributed by atoms with Crippen LogP contribution in [0.1, 0.15) is 35.4 Å². The quantitative estimate of drug-likeness (QED) is 0.366. The van der Waals surface area contributed by atoms with Crippen molar-refractivity contribution in [2.45, 2.75) is 30.7 Å². The number of carbonyl (C=O) groups is 1. The fourth-order valence-electron chi connectivity index (χ4n) is 3.83. The van der Waals surface area contributed by atoms with Crippen LogP contribution in [0.5, 0.6) is 0 Å². The van der Waals surface area contributed by atoms with Crippen LogP contribution in [-0.2, 0) is 16.6 Å². The lowest BCUT2D eigenvalue weighted by molar-refractivity contribution is -0.384. The smallest absolute Gasteiger partial charge is 0.270 e. The number of rotatable bonds is 8. The molecule has 0 atom stereocenters. The number of benzene rings is 2. The minimum Gasteiger partial charge on any atom is -0.468 e. The van der Waals surface area contributed by atoms with Gasteiger partial charge >= 0.3 is 0 Å². The van der Waals surface area contributed by atoms with Gasteiger partial charge in [-0.25, -0.2) is 13.1 Å². The number of hydrogen-bond acceptors (Lipinski definition) is 7. The van der Waals surface area contributed by atoms with E-state index in [0.29, 0.717) is 11.4 Å². The molecule has 1 aliphatic heterocycles. The number of nitrogens with one attached hydrogen (secondary N) is 2. The molecule has 2 N–H and O–H groups in total. The molecule has 3 aromatic rings. The van der Waals surface area contributed by atoms with E-state index >= 15 is 0 Å². The molecule has 0 bridgehead atoms. The van der Waals surface area contributed by atoms with E-state index in [4.69, 9.17) is 4.42 Å². The number of sulfonamides is 1. The van der Waals surface area contributed by atoms with E-state index in [-0.39, 0.29) is 28.4 Å². The van der Waals surface area contributed by atoms with Crippen LogP contribution in [0.4, 0.5) is 17.1 Å². The summed E-state index contributed by atoms with van der Waals surface area (Å²) in [4.78, 5) is 25.9. The third-order valence-electron chi connectivity index (χ3n) is 5.55. The Balaban J connectivity index is 1.56. The average Bonchev–Trinajstić information content (AvgIpc) is 3.37. The highest BCUT2D eigenvalue weighted by atomic mass is 32.2. The van der Waals surface area contributed by atoms with Gasteiger partial charge in [-0.2, -0.15) is 0 Å². The zero-order valence-electron chi connectivity index (χ0n) is 18.3. The van der Waals surface area contributed by atoms with Crippen molar-refractivity contribution in [3.8, 4) is 0 Å². The normalized spacial score (nSPS) is 14.1. The number of furan rings is 1. The highest BCUT2D eigenvalue weighted by Crippen LogP contribution is 2.29. The highest BCUT2D eigenvalue weighted by molar-refractivity contribution is 7.89. The standard InChI is InChI=1S/C23H24N4O6S/c28-23(21-15-18(27(29)30)9-10-22(21)26-11-2-1-3-12-26)25-17-6-4-8-20(14-17)34(31,32)24-16-19-7-5-13-33-19/h4-10,13-15,24H,1-3,11-12,16H2,(H,25,28).